The van der Waals surface area contributed by atoms with Crippen molar-refractivity contribution >= 4 is 34.1 Å². The Labute approximate surface area is 162 Å². The number of nitrogens with one attached hydrogen (secondary N) is 3. The van der Waals surface area contributed by atoms with Crippen LogP contribution in [-0.4, -0.2) is 41.2 Å². The van der Waals surface area contributed by atoms with Gasteiger partial charge in [-0.3, -0.25) is 20.6 Å². The molecule has 1 aromatic carbocycles. The van der Waals surface area contributed by atoms with E-state index < -0.39 is 0 Å². The van der Waals surface area contributed by atoms with Crippen molar-refractivity contribution in [1.29, 1.82) is 0 Å². The Morgan fingerprint density at radius 1 is 1.15 bits per heavy atom. The average molecular weight is 381 g/mol. The minimum atomic E-state index is -0.306. The van der Waals surface area contributed by atoms with Gasteiger partial charge in [-0.15, -0.1) is 0 Å². The van der Waals surface area contributed by atoms with Crippen LogP contribution in [0.25, 0.3) is 22.2 Å². The van der Waals surface area contributed by atoms with Crippen LogP contribution in [0.5, 0.6) is 0 Å². The van der Waals surface area contributed by atoms with Crippen molar-refractivity contribution in [3.05, 3.63) is 60.4 Å². The molecule has 0 saturated carbocycles. The zero-order valence-corrected chi connectivity index (χ0v) is 15.5. The molecule has 0 unspecified atom stereocenters. The molecule has 0 aliphatic rings. The normalized spacial score (nSPS) is 10.4. The third-order valence-electron chi connectivity index (χ3n) is 3.82. The Kier molecular flexibility index (Phi) is 6.24. The molecule has 0 spiro atoms. The maximum absolute atomic E-state index is 12.8. The predicted molar refractivity (Wildman–Crippen MR) is 108 cm³/mol. The van der Waals surface area contributed by atoms with E-state index in [0.29, 0.717) is 29.5 Å². The summed E-state index contributed by atoms with van der Waals surface area (Å²) in [5.41, 5.74) is 8.14. The molecule has 0 fully saturated rings. The summed E-state index contributed by atoms with van der Waals surface area (Å²) in [4.78, 5) is 21.4. The van der Waals surface area contributed by atoms with Gasteiger partial charge in [-0.2, -0.15) is 0 Å². The van der Waals surface area contributed by atoms with Crippen molar-refractivity contribution in [2.75, 3.05) is 20.3 Å². The maximum Gasteiger partial charge on any atom is 0.270 e. The monoisotopic (exact) mass is 381 g/mol. The maximum atomic E-state index is 12.8. The molecule has 3 rings (SSSR count). The van der Waals surface area contributed by atoms with Crippen LogP contribution >= 0.6 is 12.2 Å². The van der Waals surface area contributed by atoms with E-state index in [1.165, 1.54) is 0 Å². The summed E-state index contributed by atoms with van der Waals surface area (Å²) in [6.45, 7) is 1.06. The molecule has 2 aromatic heterocycles. The fourth-order valence-corrected chi connectivity index (χ4v) is 2.68. The minimum absolute atomic E-state index is 0.306. The first kappa shape index (κ1) is 18.7. The summed E-state index contributed by atoms with van der Waals surface area (Å²) in [5, 5.41) is 4.00. The van der Waals surface area contributed by atoms with Gasteiger partial charge in [0.2, 0.25) is 0 Å². The van der Waals surface area contributed by atoms with Crippen LogP contribution in [0.2, 0.25) is 0 Å². The second-order valence-corrected chi connectivity index (χ2v) is 6.04. The number of hydrogen-bond acceptors (Lipinski definition) is 5. The number of aromatic nitrogens is 2. The van der Waals surface area contributed by atoms with Crippen molar-refractivity contribution in [2.24, 2.45) is 0 Å². The van der Waals surface area contributed by atoms with Gasteiger partial charge in [0.25, 0.3) is 5.91 Å². The highest BCUT2D eigenvalue weighted by molar-refractivity contribution is 7.80. The van der Waals surface area contributed by atoms with E-state index in [-0.39, 0.29) is 5.91 Å². The van der Waals surface area contributed by atoms with Crippen molar-refractivity contribution < 1.29 is 9.53 Å². The first-order valence-electron chi connectivity index (χ1n) is 8.32. The summed E-state index contributed by atoms with van der Waals surface area (Å²) < 4.78 is 4.94. The van der Waals surface area contributed by atoms with Crippen LogP contribution < -0.4 is 16.2 Å². The number of rotatable bonds is 5. The van der Waals surface area contributed by atoms with E-state index in [1.807, 2.05) is 36.4 Å². The highest BCUT2D eigenvalue weighted by Gasteiger charge is 2.14. The number of amides is 1. The third-order valence-corrected chi connectivity index (χ3v) is 4.06. The Morgan fingerprint density at radius 3 is 2.70 bits per heavy atom. The largest absolute Gasteiger partial charge is 0.383 e. The fraction of sp³-hybridized carbons (Fsp3) is 0.158. The van der Waals surface area contributed by atoms with Crippen molar-refractivity contribution in [3.63, 3.8) is 0 Å². The second-order valence-electron chi connectivity index (χ2n) is 5.64. The molecule has 0 bridgehead atoms. The van der Waals surface area contributed by atoms with Gasteiger partial charge in [-0.05, 0) is 36.5 Å². The summed E-state index contributed by atoms with van der Waals surface area (Å²) in [7, 11) is 1.61. The second kappa shape index (κ2) is 9.02. The molecular formula is C19H19N5O2S. The molecule has 27 heavy (non-hydrogen) atoms. The van der Waals surface area contributed by atoms with E-state index in [4.69, 9.17) is 17.0 Å². The number of nitrogens with zero attached hydrogens (tertiary/aromatic N) is 2. The van der Waals surface area contributed by atoms with Gasteiger partial charge in [0.15, 0.2) is 5.11 Å². The number of fused-ring (bicyclic) bond motifs is 1. The molecule has 138 valence electrons. The predicted octanol–water partition coefficient (Wildman–Crippen LogP) is 2.05. The first-order chi connectivity index (χ1) is 13.2. The summed E-state index contributed by atoms with van der Waals surface area (Å²) in [5.74, 6) is -0.306. The van der Waals surface area contributed by atoms with Crippen LogP contribution in [0.15, 0.2) is 54.9 Å². The van der Waals surface area contributed by atoms with Gasteiger partial charge < -0.3 is 10.1 Å². The number of hydrogen-bond donors (Lipinski definition) is 3. The molecule has 0 aliphatic heterocycles. The smallest absolute Gasteiger partial charge is 0.270 e. The standard InChI is InChI=1S/C19H19N5O2S/c1-26-11-10-21-19(27)24-23-18(25)15-12-17(13-6-8-20-9-7-13)22-16-5-3-2-4-14(15)16/h2-9,12H,10-11H2,1H3,(H,23,25)(H2,21,24,27). The summed E-state index contributed by atoms with van der Waals surface area (Å²) >= 11 is 5.12. The molecule has 0 radical (unpaired) electrons. The first-order valence-corrected chi connectivity index (χ1v) is 8.73. The summed E-state index contributed by atoms with van der Waals surface area (Å²) in [6, 6.07) is 13.0. The lowest BCUT2D eigenvalue weighted by Crippen LogP contribution is -2.47. The lowest BCUT2D eigenvalue weighted by atomic mass is 10.0. The molecule has 3 aromatic rings. The van der Waals surface area contributed by atoms with Crippen molar-refractivity contribution in [2.45, 2.75) is 0 Å². The Balaban J connectivity index is 1.84. The molecule has 0 saturated heterocycles. The van der Waals surface area contributed by atoms with E-state index in [9.17, 15) is 4.79 Å². The van der Waals surface area contributed by atoms with Gasteiger partial charge in [-0.1, -0.05) is 18.2 Å². The Hall–Kier alpha value is -3.10. The highest BCUT2D eigenvalue weighted by atomic mass is 32.1. The van der Waals surface area contributed by atoms with Crippen LogP contribution in [0.4, 0.5) is 0 Å². The number of carbonyl (C=O) groups excluding carboxylic acids is 1. The molecule has 2 heterocycles. The molecule has 3 N–H and O–H groups in total. The highest BCUT2D eigenvalue weighted by Crippen LogP contribution is 2.24. The van der Waals surface area contributed by atoms with Gasteiger partial charge in [0.1, 0.15) is 0 Å². The zero-order valence-electron chi connectivity index (χ0n) is 14.7. The SMILES string of the molecule is COCCNC(=S)NNC(=O)c1cc(-c2ccncc2)nc2ccccc12. The number of hydrazine groups is 1. The van der Waals surface area contributed by atoms with Crippen molar-refractivity contribution in [1.82, 2.24) is 26.1 Å². The fourth-order valence-electron chi connectivity index (χ4n) is 2.53. The van der Waals surface area contributed by atoms with Gasteiger partial charge in [-0.25, -0.2) is 4.98 Å². The van der Waals surface area contributed by atoms with Crippen molar-refractivity contribution in [3.8, 4) is 11.3 Å². The van der Waals surface area contributed by atoms with Gasteiger partial charge in [0.05, 0.1) is 23.4 Å². The Bertz CT molecular complexity index is 949. The summed E-state index contributed by atoms with van der Waals surface area (Å²) in [6.07, 6.45) is 3.38. The molecular weight excluding hydrogens is 362 g/mol. The number of thiocarbonyl (C=S) groups is 1. The van der Waals surface area contributed by atoms with Crippen LogP contribution in [-0.2, 0) is 4.74 Å². The topological polar surface area (TPSA) is 88.2 Å². The van der Waals surface area contributed by atoms with Gasteiger partial charge >= 0.3 is 0 Å². The third kappa shape index (κ3) is 4.75. The molecule has 8 heteroatoms. The van der Waals surface area contributed by atoms with Crippen LogP contribution in [0.3, 0.4) is 0 Å². The van der Waals surface area contributed by atoms with Crippen LogP contribution in [0, 0.1) is 0 Å². The zero-order chi connectivity index (χ0) is 19.1. The molecule has 7 nitrogen and oxygen atoms in total. The van der Waals surface area contributed by atoms with Crippen LogP contribution in [0.1, 0.15) is 10.4 Å². The van der Waals surface area contributed by atoms with E-state index in [1.54, 1.807) is 25.6 Å². The number of pyridine rings is 2. The molecule has 1 amide bonds. The average Bonchev–Trinajstić information content (AvgIpc) is 2.72. The lowest BCUT2D eigenvalue weighted by Gasteiger charge is -2.13. The number of benzene rings is 1. The van der Waals surface area contributed by atoms with E-state index in [0.717, 1.165) is 16.5 Å². The number of carbonyl (C=O) groups is 1. The quantitative estimate of drug-likeness (QED) is 0.354. The Morgan fingerprint density at radius 2 is 1.93 bits per heavy atom. The number of ether oxygens (including phenoxy) is 1. The number of para-hydroxylation sites is 1. The molecule has 0 atom stereocenters. The van der Waals surface area contributed by atoms with E-state index in [2.05, 4.69) is 26.1 Å². The number of methoxy groups -OCH3 is 1. The van der Waals surface area contributed by atoms with E-state index >= 15 is 0 Å². The molecule has 0 aliphatic carbocycles. The minimum Gasteiger partial charge on any atom is -0.383 e. The lowest BCUT2D eigenvalue weighted by molar-refractivity contribution is 0.0945. The van der Waals surface area contributed by atoms with Gasteiger partial charge in [0, 0.05) is 37.0 Å².